The van der Waals surface area contributed by atoms with Gasteiger partial charge in [-0.3, -0.25) is 4.79 Å². The van der Waals surface area contributed by atoms with Crippen LogP contribution >= 0.6 is 15.9 Å². The lowest BCUT2D eigenvalue weighted by Crippen LogP contribution is -2.42. The second-order valence-corrected chi connectivity index (χ2v) is 7.46. The van der Waals surface area contributed by atoms with Gasteiger partial charge in [-0.25, -0.2) is 8.42 Å². The Kier molecular flexibility index (Phi) is 6.16. The number of hydrogen-bond donors (Lipinski definition) is 1. The van der Waals surface area contributed by atoms with Crippen LogP contribution < -0.4 is 5.32 Å². The predicted molar refractivity (Wildman–Crippen MR) is 81.9 cm³/mol. The molecule has 0 saturated carbocycles. The SMILES string of the molecule is CCN(CC(=O)NC(C)C)S(=O)(=O)c1cccc(Br)c1. The molecule has 0 unspecified atom stereocenters. The van der Waals surface area contributed by atoms with E-state index in [0.717, 1.165) is 4.31 Å². The number of nitrogens with zero attached hydrogens (tertiary/aromatic N) is 1. The van der Waals surface area contributed by atoms with Crippen LogP contribution in [0.2, 0.25) is 0 Å². The molecule has 1 aromatic carbocycles. The molecule has 0 fully saturated rings. The van der Waals surface area contributed by atoms with Crippen molar-refractivity contribution >= 4 is 31.9 Å². The molecule has 0 aliphatic rings. The molecular formula is C13H19BrN2O3S. The summed E-state index contributed by atoms with van der Waals surface area (Å²) in [6.07, 6.45) is 0. The average Bonchev–Trinajstić information content (AvgIpc) is 2.34. The van der Waals surface area contributed by atoms with Gasteiger partial charge in [0.25, 0.3) is 0 Å². The lowest BCUT2D eigenvalue weighted by Gasteiger charge is -2.20. The van der Waals surface area contributed by atoms with E-state index >= 15 is 0 Å². The van der Waals surface area contributed by atoms with E-state index < -0.39 is 10.0 Å². The highest BCUT2D eigenvalue weighted by Crippen LogP contribution is 2.19. The monoisotopic (exact) mass is 362 g/mol. The van der Waals surface area contributed by atoms with Gasteiger partial charge < -0.3 is 5.32 Å². The van der Waals surface area contributed by atoms with Gasteiger partial charge in [0.05, 0.1) is 11.4 Å². The fraction of sp³-hybridized carbons (Fsp3) is 0.462. The highest BCUT2D eigenvalue weighted by Gasteiger charge is 2.25. The van der Waals surface area contributed by atoms with E-state index in [1.165, 1.54) is 12.1 Å². The highest BCUT2D eigenvalue weighted by molar-refractivity contribution is 9.10. The lowest BCUT2D eigenvalue weighted by molar-refractivity contribution is -0.121. The van der Waals surface area contributed by atoms with Gasteiger partial charge in [0.15, 0.2) is 0 Å². The summed E-state index contributed by atoms with van der Waals surface area (Å²) < 4.78 is 26.8. The molecule has 5 nitrogen and oxygen atoms in total. The Morgan fingerprint density at radius 1 is 1.40 bits per heavy atom. The maximum atomic E-state index is 12.5. The lowest BCUT2D eigenvalue weighted by atomic mass is 10.4. The van der Waals surface area contributed by atoms with Crippen molar-refractivity contribution < 1.29 is 13.2 Å². The van der Waals surface area contributed by atoms with Gasteiger partial charge >= 0.3 is 0 Å². The molecule has 0 aromatic heterocycles. The smallest absolute Gasteiger partial charge is 0.243 e. The van der Waals surface area contributed by atoms with Crippen molar-refractivity contribution in [3.63, 3.8) is 0 Å². The van der Waals surface area contributed by atoms with E-state index in [0.29, 0.717) is 4.47 Å². The number of rotatable bonds is 6. The van der Waals surface area contributed by atoms with Crippen molar-refractivity contribution in [2.45, 2.75) is 31.7 Å². The molecule has 1 aromatic rings. The highest BCUT2D eigenvalue weighted by atomic mass is 79.9. The third kappa shape index (κ3) is 4.57. The minimum absolute atomic E-state index is 0.0187. The Hall–Kier alpha value is -0.920. The molecule has 7 heteroatoms. The molecule has 1 amide bonds. The Labute approximate surface area is 128 Å². The first-order valence-electron chi connectivity index (χ1n) is 6.32. The Morgan fingerprint density at radius 3 is 2.55 bits per heavy atom. The summed E-state index contributed by atoms with van der Waals surface area (Å²) in [5.74, 6) is -0.305. The fourth-order valence-electron chi connectivity index (χ4n) is 1.67. The van der Waals surface area contributed by atoms with Gasteiger partial charge in [-0.2, -0.15) is 4.31 Å². The Morgan fingerprint density at radius 2 is 2.05 bits per heavy atom. The van der Waals surface area contributed by atoms with Gasteiger partial charge in [0.2, 0.25) is 15.9 Å². The minimum Gasteiger partial charge on any atom is -0.353 e. The maximum Gasteiger partial charge on any atom is 0.243 e. The number of hydrogen-bond acceptors (Lipinski definition) is 3. The number of halogens is 1. The summed E-state index contributed by atoms with van der Waals surface area (Å²) in [5.41, 5.74) is 0. The second kappa shape index (κ2) is 7.19. The van der Waals surface area contributed by atoms with Crippen LogP contribution in [0.25, 0.3) is 0 Å². The van der Waals surface area contributed by atoms with Gasteiger partial charge in [0.1, 0.15) is 0 Å². The van der Waals surface area contributed by atoms with Crippen LogP contribution in [-0.4, -0.2) is 37.8 Å². The summed E-state index contributed by atoms with van der Waals surface area (Å²) in [5, 5.41) is 2.69. The summed E-state index contributed by atoms with van der Waals surface area (Å²) in [4.78, 5) is 11.9. The summed E-state index contributed by atoms with van der Waals surface area (Å²) in [7, 11) is -3.66. The Balaban J connectivity index is 2.96. The molecule has 0 atom stereocenters. The van der Waals surface area contributed by atoms with Gasteiger partial charge in [0, 0.05) is 17.1 Å². The summed E-state index contributed by atoms with van der Waals surface area (Å²) in [6, 6.07) is 6.43. The Bertz CT molecular complexity index is 573. The van der Waals surface area contributed by atoms with Crippen molar-refractivity contribution in [1.82, 2.24) is 9.62 Å². The van der Waals surface area contributed by atoms with E-state index in [4.69, 9.17) is 0 Å². The first kappa shape index (κ1) is 17.1. The molecule has 0 aliphatic heterocycles. The number of carbonyl (C=O) groups is 1. The summed E-state index contributed by atoms with van der Waals surface area (Å²) >= 11 is 3.25. The van der Waals surface area contributed by atoms with Crippen molar-refractivity contribution in [2.75, 3.05) is 13.1 Å². The van der Waals surface area contributed by atoms with E-state index in [2.05, 4.69) is 21.2 Å². The van der Waals surface area contributed by atoms with Crippen molar-refractivity contribution in [3.8, 4) is 0 Å². The van der Waals surface area contributed by atoms with Crippen LogP contribution in [0.15, 0.2) is 33.6 Å². The molecule has 0 spiro atoms. The number of likely N-dealkylation sites (N-methyl/N-ethyl adjacent to an activating group) is 1. The molecular weight excluding hydrogens is 344 g/mol. The third-order valence-corrected chi connectivity index (χ3v) is 4.97. The van der Waals surface area contributed by atoms with Crippen molar-refractivity contribution in [2.24, 2.45) is 0 Å². The van der Waals surface area contributed by atoms with Gasteiger partial charge in [-0.1, -0.05) is 28.9 Å². The van der Waals surface area contributed by atoms with E-state index in [9.17, 15) is 13.2 Å². The first-order valence-corrected chi connectivity index (χ1v) is 8.55. The van der Waals surface area contributed by atoms with Crippen LogP contribution in [0.4, 0.5) is 0 Å². The van der Waals surface area contributed by atoms with E-state index in [-0.39, 0.29) is 29.9 Å². The summed E-state index contributed by atoms with van der Waals surface area (Å²) in [6.45, 7) is 5.43. The zero-order chi connectivity index (χ0) is 15.3. The van der Waals surface area contributed by atoms with Crippen molar-refractivity contribution in [3.05, 3.63) is 28.7 Å². The molecule has 0 saturated heterocycles. The van der Waals surface area contributed by atoms with Crippen LogP contribution in [0.5, 0.6) is 0 Å². The molecule has 0 radical (unpaired) electrons. The normalized spacial score (nSPS) is 11.9. The number of nitrogens with one attached hydrogen (secondary N) is 1. The van der Waals surface area contributed by atoms with Crippen LogP contribution in [0, 0.1) is 0 Å². The molecule has 1 N–H and O–H groups in total. The molecule has 0 bridgehead atoms. The van der Waals surface area contributed by atoms with Gasteiger partial charge in [-0.15, -0.1) is 0 Å². The van der Waals surface area contributed by atoms with Crippen molar-refractivity contribution in [1.29, 1.82) is 0 Å². The molecule has 1 rings (SSSR count). The number of amides is 1. The molecule has 0 heterocycles. The fourth-order valence-corrected chi connectivity index (χ4v) is 3.67. The molecule has 112 valence electrons. The quantitative estimate of drug-likeness (QED) is 0.841. The maximum absolute atomic E-state index is 12.5. The molecule has 0 aliphatic carbocycles. The zero-order valence-electron chi connectivity index (χ0n) is 11.8. The third-order valence-electron chi connectivity index (χ3n) is 2.56. The minimum atomic E-state index is -3.66. The number of sulfonamides is 1. The van der Waals surface area contributed by atoms with Crippen LogP contribution in [0.3, 0.4) is 0 Å². The van der Waals surface area contributed by atoms with E-state index in [1.807, 2.05) is 13.8 Å². The largest absolute Gasteiger partial charge is 0.353 e. The second-order valence-electron chi connectivity index (χ2n) is 4.61. The number of carbonyl (C=O) groups excluding carboxylic acids is 1. The van der Waals surface area contributed by atoms with E-state index in [1.54, 1.807) is 19.1 Å². The predicted octanol–water partition coefficient (Wildman–Crippen LogP) is 1.98. The standard InChI is InChI=1S/C13H19BrN2O3S/c1-4-16(9-13(17)15-10(2)3)20(18,19)12-7-5-6-11(14)8-12/h5-8,10H,4,9H2,1-3H3,(H,15,17). The van der Waals surface area contributed by atoms with Crippen LogP contribution in [-0.2, 0) is 14.8 Å². The first-order chi connectivity index (χ1) is 9.27. The zero-order valence-corrected chi connectivity index (χ0v) is 14.2. The topological polar surface area (TPSA) is 66.5 Å². The number of benzene rings is 1. The van der Waals surface area contributed by atoms with Crippen LogP contribution in [0.1, 0.15) is 20.8 Å². The van der Waals surface area contributed by atoms with Gasteiger partial charge in [-0.05, 0) is 32.0 Å². The molecule has 20 heavy (non-hydrogen) atoms. The average molecular weight is 363 g/mol.